The number of hydrogen-bond donors (Lipinski definition) is 1. The zero-order valence-electron chi connectivity index (χ0n) is 13.8. The van der Waals surface area contributed by atoms with Crippen LogP contribution in [0.5, 0.6) is 11.5 Å². The number of furan rings is 1. The molecule has 0 unspecified atom stereocenters. The van der Waals surface area contributed by atoms with Gasteiger partial charge in [0.2, 0.25) is 6.10 Å². The van der Waals surface area contributed by atoms with Crippen molar-refractivity contribution in [1.29, 1.82) is 0 Å². The maximum atomic E-state index is 12.5. The number of carbonyl (C=O) groups excluding carboxylic acids is 1. The van der Waals surface area contributed by atoms with Gasteiger partial charge in [0.25, 0.3) is 5.91 Å². The second kappa shape index (κ2) is 5.81. The molecule has 0 aliphatic carbocycles. The maximum absolute atomic E-state index is 12.5. The topological polar surface area (TPSA) is 60.7 Å². The molecule has 128 valence electrons. The number of anilines is 1. The molecular formula is C21H15NO4. The minimum Gasteiger partial charge on any atom is -0.485 e. The summed E-state index contributed by atoms with van der Waals surface area (Å²) in [5.74, 6) is 0.974. The van der Waals surface area contributed by atoms with Gasteiger partial charge in [-0.3, -0.25) is 4.79 Å². The SMILES string of the molecule is O=C(Nc1ccc2c(c1)oc1ccccc12)[C@@H]1COc2ccccc2O1. The van der Waals surface area contributed by atoms with Crippen molar-refractivity contribution < 1.29 is 18.7 Å². The Bertz CT molecular complexity index is 1130. The third kappa shape index (κ3) is 2.45. The Morgan fingerprint density at radius 2 is 1.65 bits per heavy atom. The first kappa shape index (κ1) is 14.8. The lowest BCUT2D eigenvalue weighted by atomic mass is 10.1. The van der Waals surface area contributed by atoms with E-state index < -0.39 is 6.10 Å². The Morgan fingerprint density at radius 1 is 0.885 bits per heavy atom. The molecule has 4 aromatic rings. The summed E-state index contributed by atoms with van der Waals surface area (Å²) in [4.78, 5) is 12.5. The van der Waals surface area contributed by atoms with Crippen molar-refractivity contribution in [3.63, 3.8) is 0 Å². The predicted octanol–water partition coefficient (Wildman–Crippen LogP) is 4.36. The largest absolute Gasteiger partial charge is 0.485 e. The monoisotopic (exact) mass is 345 g/mol. The highest BCUT2D eigenvalue weighted by molar-refractivity contribution is 6.06. The van der Waals surface area contributed by atoms with Gasteiger partial charge >= 0.3 is 0 Å². The number of fused-ring (bicyclic) bond motifs is 4. The molecule has 26 heavy (non-hydrogen) atoms. The Hall–Kier alpha value is -3.47. The summed E-state index contributed by atoms with van der Waals surface area (Å²) >= 11 is 0. The Morgan fingerprint density at radius 3 is 2.58 bits per heavy atom. The molecule has 0 spiro atoms. The van der Waals surface area contributed by atoms with Crippen LogP contribution in [0.2, 0.25) is 0 Å². The van der Waals surface area contributed by atoms with E-state index in [4.69, 9.17) is 13.9 Å². The number of para-hydroxylation sites is 3. The van der Waals surface area contributed by atoms with Gasteiger partial charge in [-0.05, 0) is 30.3 Å². The van der Waals surface area contributed by atoms with Crippen LogP contribution in [-0.4, -0.2) is 18.6 Å². The first-order valence-electron chi connectivity index (χ1n) is 8.38. The number of benzene rings is 3. The van der Waals surface area contributed by atoms with Gasteiger partial charge in [0.15, 0.2) is 11.5 Å². The van der Waals surface area contributed by atoms with E-state index in [1.165, 1.54) is 0 Å². The van der Waals surface area contributed by atoms with E-state index in [9.17, 15) is 4.79 Å². The molecule has 5 nitrogen and oxygen atoms in total. The zero-order valence-corrected chi connectivity index (χ0v) is 13.8. The van der Waals surface area contributed by atoms with Crippen LogP contribution in [0, 0.1) is 0 Å². The minimum absolute atomic E-state index is 0.176. The van der Waals surface area contributed by atoms with Crippen LogP contribution < -0.4 is 14.8 Å². The van der Waals surface area contributed by atoms with Crippen LogP contribution in [0.4, 0.5) is 5.69 Å². The number of ether oxygens (including phenoxy) is 2. The second-order valence-corrected chi connectivity index (χ2v) is 6.16. The molecule has 1 aromatic heterocycles. The smallest absolute Gasteiger partial charge is 0.269 e. The average Bonchev–Trinajstić information content (AvgIpc) is 3.05. The molecule has 0 saturated carbocycles. The van der Waals surface area contributed by atoms with Gasteiger partial charge in [-0.1, -0.05) is 30.3 Å². The van der Waals surface area contributed by atoms with Crippen LogP contribution in [0.1, 0.15) is 0 Å². The Kier molecular flexibility index (Phi) is 3.31. The van der Waals surface area contributed by atoms with Crippen LogP contribution in [-0.2, 0) is 4.79 Å². The first-order valence-corrected chi connectivity index (χ1v) is 8.38. The van der Waals surface area contributed by atoms with Gasteiger partial charge < -0.3 is 19.2 Å². The molecule has 0 bridgehead atoms. The normalized spacial score (nSPS) is 15.9. The van der Waals surface area contributed by atoms with Crippen molar-refractivity contribution >= 4 is 33.5 Å². The van der Waals surface area contributed by atoms with E-state index in [2.05, 4.69) is 5.32 Å². The minimum atomic E-state index is -0.698. The van der Waals surface area contributed by atoms with Crippen molar-refractivity contribution in [1.82, 2.24) is 0 Å². The van der Waals surface area contributed by atoms with Crippen molar-refractivity contribution in [3.05, 3.63) is 66.7 Å². The molecule has 5 heteroatoms. The lowest BCUT2D eigenvalue weighted by molar-refractivity contribution is -0.125. The fourth-order valence-corrected chi connectivity index (χ4v) is 3.18. The van der Waals surface area contributed by atoms with E-state index in [1.807, 2.05) is 60.7 Å². The van der Waals surface area contributed by atoms with Gasteiger partial charge in [0.05, 0.1) is 0 Å². The van der Waals surface area contributed by atoms with E-state index >= 15 is 0 Å². The average molecular weight is 345 g/mol. The van der Waals surface area contributed by atoms with Gasteiger partial charge in [0.1, 0.15) is 17.8 Å². The fraction of sp³-hybridized carbons (Fsp3) is 0.0952. The van der Waals surface area contributed by atoms with E-state index in [0.717, 1.165) is 21.9 Å². The highest BCUT2D eigenvalue weighted by Crippen LogP contribution is 2.32. The van der Waals surface area contributed by atoms with Crippen LogP contribution >= 0.6 is 0 Å². The summed E-state index contributed by atoms with van der Waals surface area (Å²) in [6.45, 7) is 0.176. The molecule has 1 N–H and O–H groups in total. The Labute approximate surface area is 149 Å². The number of carbonyl (C=O) groups is 1. The molecule has 3 aromatic carbocycles. The van der Waals surface area contributed by atoms with E-state index in [0.29, 0.717) is 17.2 Å². The van der Waals surface area contributed by atoms with Crippen molar-refractivity contribution in [2.75, 3.05) is 11.9 Å². The molecular weight excluding hydrogens is 330 g/mol. The molecule has 5 rings (SSSR count). The second-order valence-electron chi connectivity index (χ2n) is 6.16. The van der Waals surface area contributed by atoms with E-state index in [1.54, 1.807) is 6.07 Å². The van der Waals surface area contributed by atoms with Gasteiger partial charge in [-0.15, -0.1) is 0 Å². The van der Waals surface area contributed by atoms with Gasteiger partial charge in [-0.2, -0.15) is 0 Å². The summed E-state index contributed by atoms with van der Waals surface area (Å²) < 4.78 is 17.2. The third-order valence-corrected chi connectivity index (χ3v) is 4.45. The molecule has 0 saturated heterocycles. The quantitative estimate of drug-likeness (QED) is 0.586. The predicted molar refractivity (Wildman–Crippen MR) is 98.7 cm³/mol. The summed E-state index contributed by atoms with van der Waals surface area (Å²) in [5, 5.41) is 4.95. The molecule has 1 atom stereocenters. The van der Waals surface area contributed by atoms with Crippen LogP contribution in [0.25, 0.3) is 21.9 Å². The molecule has 1 aliphatic heterocycles. The molecule has 0 radical (unpaired) electrons. The van der Waals surface area contributed by atoms with Gasteiger partial charge in [-0.25, -0.2) is 0 Å². The molecule has 0 fully saturated rings. The summed E-state index contributed by atoms with van der Waals surface area (Å²) in [5.41, 5.74) is 2.21. The van der Waals surface area contributed by atoms with Crippen LogP contribution in [0.3, 0.4) is 0 Å². The highest BCUT2D eigenvalue weighted by Gasteiger charge is 2.27. The molecule has 2 heterocycles. The first-order chi connectivity index (χ1) is 12.8. The fourth-order valence-electron chi connectivity index (χ4n) is 3.18. The summed E-state index contributed by atoms with van der Waals surface area (Å²) in [7, 11) is 0. The number of rotatable bonds is 2. The lowest BCUT2D eigenvalue weighted by Gasteiger charge is -2.25. The van der Waals surface area contributed by atoms with Crippen LogP contribution in [0.15, 0.2) is 71.1 Å². The molecule has 1 aliphatic rings. The Balaban J connectivity index is 1.39. The van der Waals surface area contributed by atoms with Crippen molar-refractivity contribution in [2.24, 2.45) is 0 Å². The highest BCUT2D eigenvalue weighted by atomic mass is 16.6. The van der Waals surface area contributed by atoms with E-state index in [-0.39, 0.29) is 12.5 Å². The van der Waals surface area contributed by atoms with Crippen molar-refractivity contribution in [2.45, 2.75) is 6.10 Å². The lowest BCUT2D eigenvalue weighted by Crippen LogP contribution is -2.40. The number of nitrogens with one attached hydrogen (secondary N) is 1. The number of amides is 1. The summed E-state index contributed by atoms with van der Waals surface area (Å²) in [6.07, 6.45) is -0.698. The van der Waals surface area contributed by atoms with Crippen molar-refractivity contribution in [3.8, 4) is 11.5 Å². The summed E-state index contributed by atoms with van der Waals surface area (Å²) in [6, 6.07) is 20.8. The number of hydrogen-bond acceptors (Lipinski definition) is 4. The molecule has 1 amide bonds. The third-order valence-electron chi connectivity index (χ3n) is 4.45. The standard InChI is InChI=1S/C21H15NO4/c23-21(20-12-24-17-7-3-4-8-18(17)26-20)22-13-9-10-15-14-5-1-2-6-16(14)25-19(15)11-13/h1-11,20H,12H2,(H,22,23)/t20-/m0/s1. The zero-order chi connectivity index (χ0) is 17.5. The maximum Gasteiger partial charge on any atom is 0.269 e. The van der Waals surface area contributed by atoms with Gasteiger partial charge in [0, 0.05) is 22.5 Å².